The van der Waals surface area contributed by atoms with Crippen LogP contribution < -0.4 is 0 Å². The van der Waals surface area contributed by atoms with Crippen molar-refractivity contribution in [2.75, 3.05) is 53.0 Å². The van der Waals surface area contributed by atoms with Gasteiger partial charge in [0.1, 0.15) is 6.10 Å². The predicted molar refractivity (Wildman–Crippen MR) is 155 cm³/mol. The zero-order valence-corrected chi connectivity index (χ0v) is 23.1. The second-order valence-electron chi connectivity index (χ2n) is 7.99. The molecule has 1 aliphatic carbocycles. The Labute approximate surface area is 220 Å². The molecule has 0 aromatic heterocycles. The van der Waals surface area contributed by atoms with Crippen LogP contribution in [0.1, 0.15) is 51.3 Å². The van der Waals surface area contributed by atoms with Gasteiger partial charge in [-0.25, -0.2) is 0 Å². The van der Waals surface area contributed by atoms with E-state index in [1.165, 1.54) is 16.7 Å². The third kappa shape index (κ3) is 11.5. The Bertz CT molecular complexity index is 815. The van der Waals surface area contributed by atoms with E-state index in [2.05, 4.69) is 101 Å². The van der Waals surface area contributed by atoms with Crippen molar-refractivity contribution < 1.29 is 9.84 Å². The summed E-state index contributed by atoms with van der Waals surface area (Å²) in [6.07, 6.45) is 12.2. The molecule has 0 saturated carbocycles. The minimum Gasteiger partial charge on any atom is -0.400 e. The van der Waals surface area contributed by atoms with E-state index >= 15 is 0 Å². The summed E-state index contributed by atoms with van der Waals surface area (Å²) >= 11 is 0. The van der Waals surface area contributed by atoms with Crippen LogP contribution in [0.3, 0.4) is 0 Å². The molecule has 0 bridgehead atoms. The van der Waals surface area contributed by atoms with Gasteiger partial charge >= 0.3 is 0 Å². The van der Waals surface area contributed by atoms with E-state index in [1.54, 1.807) is 0 Å². The molecule has 1 aliphatic heterocycles. The third-order valence-corrected chi connectivity index (χ3v) is 5.86. The maximum atomic E-state index is 7.00. The number of ether oxygens (including phenoxy) is 1. The molecule has 4 nitrogen and oxygen atoms in total. The van der Waals surface area contributed by atoms with Crippen LogP contribution in [0.4, 0.5) is 0 Å². The first-order chi connectivity index (χ1) is 17.9. The molecule has 198 valence electrons. The molecule has 2 aromatic rings. The summed E-state index contributed by atoms with van der Waals surface area (Å²) in [6, 6.07) is 21.1. The van der Waals surface area contributed by atoms with Crippen LogP contribution in [0.2, 0.25) is 0 Å². The van der Waals surface area contributed by atoms with E-state index in [1.807, 2.05) is 27.7 Å². The van der Waals surface area contributed by atoms with Gasteiger partial charge in [0.2, 0.25) is 0 Å². The van der Waals surface area contributed by atoms with E-state index in [9.17, 15) is 0 Å². The number of hydrogen-bond acceptors (Lipinski definition) is 4. The molecule has 4 rings (SSSR count). The average molecular weight is 493 g/mol. The number of nitrogens with zero attached hydrogens (tertiary/aromatic N) is 2. The lowest BCUT2D eigenvalue weighted by Crippen LogP contribution is -2.47. The minimum absolute atomic E-state index is 0.00166. The number of piperazine rings is 1. The Morgan fingerprint density at radius 2 is 1.33 bits per heavy atom. The first-order valence-electron chi connectivity index (χ1n) is 13.5. The average Bonchev–Trinajstić information content (AvgIpc) is 3.50. The van der Waals surface area contributed by atoms with Crippen LogP contribution in [-0.2, 0) is 4.74 Å². The Morgan fingerprint density at radius 3 is 1.83 bits per heavy atom. The van der Waals surface area contributed by atoms with Crippen LogP contribution in [0.25, 0.3) is 0 Å². The molecule has 2 aromatic carbocycles. The number of allylic oxidation sites excluding steroid dienone is 5. The molecule has 36 heavy (non-hydrogen) atoms. The van der Waals surface area contributed by atoms with Crippen molar-refractivity contribution in [1.29, 1.82) is 0 Å². The number of benzene rings is 2. The first-order valence-corrected chi connectivity index (χ1v) is 13.5. The number of rotatable bonds is 9. The maximum Gasteiger partial charge on any atom is 0.108 e. The van der Waals surface area contributed by atoms with Gasteiger partial charge in [-0.05, 0) is 23.1 Å². The number of hydrogen-bond donors (Lipinski definition) is 1. The highest BCUT2D eigenvalue weighted by molar-refractivity contribution is 5.32. The predicted octanol–water partition coefficient (Wildman–Crippen LogP) is 6.51. The molecule has 0 atom stereocenters. The Balaban J connectivity index is 0.00000101. The second kappa shape index (κ2) is 20.7. The van der Waals surface area contributed by atoms with Crippen molar-refractivity contribution in [1.82, 2.24) is 9.80 Å². The summed E-state index contributed by atoms with van der Waals surface area (Å²) in [5.41, 5.74) is 3.85. The van der Waals surface area contributed by atoms with E-state index in [4.69, 9.17) is 9.84 Å². The van der Waals surface area contributed by atoms with Gasteiger partial charge in [-0.2, -0.15) is 0 Å². The van der Waals surface area contributed by atoms with Crippen LogP contribution in [0, 0.1) is 0 Å². The van der Waals surface area contributed by atoms with Crippen molar-refractivity contribution in [2.45, 2.75) is 40.2 Å². The van der Waals surface area contributed by atoms with Gasteiger partial charge in [0, 0.05) is 46.4 Å². The molecule has 1 saturated heterocycles. The lowest BCUT2D eigenvalue weighted by molar-refractivity contribution is 0.0467. The molecule has 0 radical (unpaired) electrons. The van der Waals surface area contributed by atoms with Crippen LogP contribution in [0.5, 0.6) is 0 Å². The molecule has 4 heteroatoms. The second-order valence-corrected chi connectivity index (χ2v) is 7.99. The summed E-state index contributed by atoms with van der Waals surface area (Å²) in [6.45, 7) is 15.3. The Hall–Kier alpha value is -2.50. The minimum atomic E-state index is -0.00166. The number of aliphatic hydroxyl groups excluding tert-OH is 1. The molecule has 2 aliphatic rings. The molecular weight excluding hydrogens is 444 g/mol. The van der Waals surface area contributed by atoms with E-state index in [0.717, 1.165) is 59.4 Å². The lowest BCUT2D eigenvalue weighted by atomic mass is 10.0. The first kappa shape index (κ1) is 31.5. The van der Waals surface area contributed by atoms with Gasteiger partial charge in [0.25, 0.3) is 0 Å². The standard InChI is InChI=1S/C27H32N2O.2C2H6.CH4O/c1-3-13-25(14-4-1)27(26-15-5-2-6-16-26)30-23-22-29-20-18-28(19-21-29)17-9-12-24-10-7-8-11-24;3*1-2/h1-10,12-16,27H,11,17-23H2;2*1-2H3;2H,1H3/b12-9+;;;. The molecule has 1 heterocycles. The summed E-state index contributed by atoms with van der Waals surface area (Å²) in [4.78, 5) is 5.06. The van der Waals surface area contributed by atoms with Gasteiger partial charge < -0.3 is 9.84 Å². The summed E-state index contributed by atoms with van der Waals surface area (Å²) < 4.78 is 6.39. The fourth-order valence-corrected chi connectivity index (χ4v) is 4.08. The van der Waals surface area contributed by atoms with Crippen molar-refractivity contribution in [2.24, 2.45) is 0 Å². The fourth-order valence-electron chi connectivity index (χ4n) is 4.08. The monoisotopic (exact) mass is 492 g/mol. The molecule has 1 N–H and O–H groups in total. The smallest absolute Gasteiger partial charge is 0.108 e. The van der Waals surface area contributed by atoms with Crippen molar-refractivity contribution >= 4 is 0 Å². The Kier molecular flexibility index (Phi) is 18.1. The molecule has 0 amide bonds. The Morgan fingerprint density at radius 1 is 0.806 bits per heavy atom. The van der Waals surface area contributed by atoms with Gasteiger partial charge in [-0.15, -0.1) is 0 Å². The van der Waals surface area contributed by atoms with Gasteiger partial charge in [0.15, 0.2) is 0 Å². The number of aliphatic hydroxyl groups is 1. The molecular formula is C32H48N2O2. The topological polar surface area (TPSA) is 35.9 Å². The fraction of sp³-hybridized carbons (Fsp3) is 0.438. The molecule has 1 fully saturated rings. The van der Waals surface area contributed by atoms with Crippen LogP contribution in [-0.4, -0.2) is 67.9 Å². The maximum absolute atomic E-state index is 7.00. The summed E-state index contributed by atoms with van der Waals surface area (Å²) in [7, 11) is 1.00. The quantitative estimate of drug-likeness (QED) is 0.433. The largest absolute Gasteiger partial charge is 0.400 e. The highest BCUT2D eigenvalue weighted by atomic mass is 16.5. The SMILES string of the molecule is C1=CCC(/C=C/CN2CCN(CCOC(c3ccccc3)c3ccccc3)CC2)=C1.CC.CC.CO. The van der Waals surface area contributed by atoms with Crippen molar-refractivity contribution in [3.63, 3.8) is 0 Å². The normalized spacial score (nSPS) is 15.4. The van der Waals surface area contributed by atoms with Crippen molar-refractivity contribution in [3.8, 4) is 0 Å². The lowest BCUT2D eigenvalue weighted by Gasteiger charge is -2.34. The van der Waals surface area contributed by atoms with Crippen molar-refractivity contribution in [3.05, 3.63) is 108 Å². The van der Waals surface area contributed by atoms with E-state index in [0.29, 0.717) is 0 Å². The van der Waals surface area contributed by atoms with Gasteiger partial charge in [-0.3, -0.25) is 9.80 Å². The van der Waals surface area contributed by atoms with Gasteiger partial charge in [0.05, 0.1) is 6.61 Å². The highest BCUT2D eigenvalue weighted by Gasteiger charge is 2.18. The van der Waals surface area contributed by atoms with Crippen LogP contribution >= 0.6 is 0 Å². The van der Waals surface area contributed by atoms with Crippen LogP contribution in [0.15, 0.2) is 96.6 Å². The highest BCUT2D eigenvalue weighted by Crippen LogP contribution is 2.25. The molecule has 0 spiro atoms. The van der Waals surface area contributed by atoms with E-state index < -0.39 is 0 Å². The zero-order valence-electron chi connectivity index (χ0n) is 23.1. The summed E-state index contributed by atoms with van der Waals surface area (Å²) in [5, 5.41) is 7.00. The summed E-state index contributed by atoms with van der Waals surface area (Å²) in [5.74, 6) is 0. The third-order valence-electron chi connectivity index (χ3n) is 5.86. The molecule has 0 unspecified atom stereocenters. The van der Waals surface area contributed by atoms with Gasteiger partial charge in [-0.1, -0.05) is 119 Å². The van der Waals surface area contributed by atoms with E-state index in [-0.39, 0.29) is 6.10 Å². The zero-order chi connectivity index (χ0) is 26.4.